The Morgan fingerprint density at radius 1 is 1.33 bits per heavy atom. The van der Waals surface area contributed by atoms with Crippen molar-refractivity contribution < 1.29 is 0 Å². The predicted octanol–water partition coefficient (Wildman–Crippen LogP) is 3.72. The van der Waals surface area contributed by atoms with Crippen LogP contribution in [0.2, 0.25) is 0 Å². The van der Waals surface area contributed by atoms with Gasteiger partial charge in [0.1, 0.15) is 0 Å². The Morgan fingerprint density at radius 2 is 2.06 bits per heavy atom. The lowest BCUT2D eigenvalue weighted by Gasteiger charge is -2.22. The second kappa shape index (κ2) is 6.67. The van der Waals surface area contributed by atoms with Crippen molar-refractivity contribution in [3.63, 3.8) is 0 Å². The van der Waals surface area contributed by atoms with Gasteiger partial charge >= 0.3 is 0 Å². The Balaban J connectivity index is 1.99. The summed E-state index contributed by atoms with van der Waals surface area (Å²) in [5.74, 6) is 1.71. The van der Waals surface area contributed by atoms with E-state index < -0.39 is 0 Å². The SMILES string of the molecule is CCNCC(Cc1nc(C)c(C)s1)C1CCCC1. The van der Waals surface area contributed by atoms with Gasteiger partial charge in [0.25, 0.3) is 0 Å². The number of nitrogens with one attached hydrogen (secondary N) is 1. The quantitative estimate of drug-likeness (QED) is 0.849. The third-order valence-corrected chi connectivity index (χ3v) is 5.33. The molecule has 1 unspecified atom stereocenters. The minimum Gasteiger partial charge on any atom is -0.317 e. The second-order valence-corrected chi connectivity index (χ2v) is 6.85. The highest BCUT2D eigenvalue weighted by molar-refractivity contribution is 7.11. The molecule has 102 valence electrons. The molecule has 1 atom stereocenters. The number of nitrogens with zero attached hydrogens (tertiary/aromatic N) is 1. The van der Waals surface area contributed by atoms with Gasteiger partial charge in [-0.05, 0) is 38.8 Å². The number of rotatable bonds is 6. The van der Waals surface area contributed by atoms with E-state index in [1.54, 1.807) is 0 Å². The first kappa shape index (κ1) is 14.0. The summed E-state index contributed by atoms with van der Waals surface area (Å²) in [4.78, 5) is 6.11. The zero-order valence-electron chi connectivity index (χ0n) is 12.0. The monoisotopic (exact) mass is 266 g/mol. The van der Waals surface area contributed by atoms with Crippen LogP contribution in [0.3, 0.4) is 0 Å². The molecular formula is C15H26N2S. The van der Waals surface area contributed by atoms with E-state index in [0.29, 0.717) is 0 Å². The van der Waals surface area contributed by atoms with Gasteiger partial charge in [-0.2, -0.15) is 0 Å². The molecule has 0 aliphatic heterocycles. The maximum Gasteiger partial charge on any atom is 0.0934 e. The van der Waals surface area contributed by atoms with E-state index in [9.17, 15) is 0 Å². The van der Waals surface area contributed by atoms with Crippen LogP contribution in [0.25, 0.3) is 0 Å². The molecule has 1 N–H and O–H groups in total. The van der Waals surface area contributed by atoms with Crippen molar-refractivity contribution in [2.24, 2.45) is 11.8 Å². The molecule has 0 radical (unpaired) electrons. The molecule has 0 spiro atoms. The topological polar surface area (TPSA) is 24.9 Å². The molecule has 0 saturated heterocycles. The third-order valence-electron chi connectivity index (χ3n) is 4.23. The van der Waals surface area contributed by atoms with Gasteiger partial charge in [-0.25, -0.2) is 4.98 Å². The summed E-state index contributed by atoms with van der Waals surface area (Å²) in [6.07, 6.45) is 6.91. The fourth-order valence-corrected chi connectivity index (χ4v) is 4.04. The molecule has 3 heteroatoms. The van der Waals surface area contributed by atoms with Crippen molar-refractivity contribution in [3.05, 3.63) is 15.6 Å². The van der Waals surface area contributed by atoms with Crippen LogP contribution in [-0.4, -0.2) is 18.1 Å². The second-order valence-electron chi connectivity index (χ2n) is 5.57. The lowest BCUT2D eigenvalue weighted by molar-refractivity contribution is 0.323. The Labute approximate surface area is 115 Å². The van der Waals surface area contributed by atoms with Crippen LogP contribution < -0.4 is 5.32 Å². The summed E-state index contributed by atoms with van der Waals surface area (Å²) in [6.45, 7) is 8.76. The first-order valence-corrected chi connectivity index (χ1v) is 8.16. The van der Waals surface area contributed by atoms with E-state index in [0.717, 1.165) is 18.4 Å². The Hall–Kier alpha value is -0.410. The van der Waals surface area contributed by atoms with Gasteiger partial charge in [-0.3, -0.25) is 0 Å². The van der Waals surface area contributed by atoms with Crippen molar-refractivity contribution in [1.82, 2.24) is 10.3 Å². The van der Waals surface area contributed by atoms with Crippen LogP contribution in [0.5, 0.6) is 0 Å². The summed E-state index contributed by atoms with van der Waals surface area (Å²) < 4.78 is 0. The van der Waals surface area contributed by atoms with Crippen molar-refractivity contribution >= 4 is 11.3 Å². The molecule has 2 rings (SSSR count). The Kier molecular flexibility index (Phi) is 5.19. The summed E-state index contributed by atoms with van der Waals surface area (Å²) in [5, 5.41) is 4.89. The zero-order valence-corrected chi connectivity index (χ0v) is 12.8. The van der Waals surface area contributed by atoms with Crippen LogP contribution in [0.1, 0.15) is 48.2 Å². The molecule has 0 aromatic carbocycles. The zero-order chi connectivity index (χ0) is 13.0. The number of aromatic nitrogens is 1. The molecule has 1 aliphatic rings. The molecule has 1 fully saturated rings. The van der Waals surface area contributed by atoms with Crippen LogP contribution in [0.15, 0.2) is 0 Å². The van der Waals surface area contributed by atoms with Crippen LogP contribution in [0.4, 0.5) is 0 Å². The van der Waals surface area contributed by atoms with Gasteiger partial charge in [0.15, 0.2) is 0 Å². The molecule has 1 heterocycles. The van der Waals surface area contributed by atoms with Gasteiger partial charge in [-0.15, -0.1) is 11.3 Å². The molecule has 1 aliphatic carbocycles. The fraction of sp³-hybridized carbons (Fsp3) is 0.800. The van der Waals surface area contributed by atoms with Gasteiger partial charge < -0.3 is 5.32 Å². The molecule has 1 aromatic rings. The largest absolute Gasteiger partial charge is 0.317 e. The van der Waals surface area contributed by atoms with Crippen molar-refractivity contribution in [2.45, 2.75) is 52.9 Å². The molecular weight excluding hydrogens is 240 g/mol. The average Bonchev–Trinajstić information content (AvgIpc) is 2.96. The van der Waals surface area contributed by atoms with Crippen LogP contribution in [-0.2, 0) is 6.42 Å². The molecule has 0 amide bonds. The lowest BCUT2D eigenvalue weighted by atomic mass is 9.88. The minimum absolute atomic E-state index is 0.789. The lowest BCUT2D eigenvalue weighted by Crippen LogP contribution is -2.28. The average molecular weight is 266 g/mol. The summed E-state index contributed by atoms with van der Waals surface area (Å²) in [5.41, 5.74) is 1.23. The van der Waals surface area contributed by atoms with Crippen molar-refractivity contribution in [1.29, 1.82) is 0 Å². The van der Waals surface area contributed by atoms with Crippen molar-refractivity contribution in [2.75, 3.05) is 13.1 Å². The Morgan fingerprint density at radius 3 is 2.61 bits per heavy atom. The number of aryl methyl sites for hydroxylation is 2. The van der Waals surface area contributed by atoms with E-state index in [1.165, 1.54) is 54.2 Å². The predicted molar refractivity (Wildman–Crippen MR) is 79.3 cm³/mol. The van der Waals surface area contributed by atoms with Gasteiger partial charge in [0.2, 0.25) is 0 Å². The van der Waals surface area contributed by atoms with Gasteiger partial charge in [-0.1, -0.05) is 32.6 Å². The van der Waals surface area contributed by atoms with E-state index in [1.807, 2.05) is 11.3 Å². The van der Waals surface area contributed by atoms with E-state index in [2.05, 4.69) is 26.1 Å². The molecule has 2 nitrogen and oxygen atoms in total. The number of hydrogen-bond acceptors (Lipinski definition) is 3. The molecule has 1 aromatic heterocycles. The maximum atomic E-state index is 4.72. The van der Waals surface area contributed by atoms with Crippen LogP contribution in [0, 0.1) is 25.7 Å². The maximum absolute atomic E-state index is 4.72. The smallest absolute Gasteiger partial charge is 0.0934 e. The van der Waals surface area contributed by atoms with Gasteiger partial charge in [0, 0.05) is 11.3 Å². The van der Waals surface area contributed by atoms with Crippen LogP contribution >= 0.6 is 11.3 Å². The van der Waals surface area contributed by atoms with Gasteiger partial charge in [0.05, 0.1) is 10.7 Å². The summed E-state index contributed by atoms with van der Waals surface area (Å²) >= 11 is 1.90. The normalized spacial score (nSPS) is 18.4. The number of hydrogen-bond donors (Lipinski definition) is 1. The standard InChI is InChI=1S/C15H26N2S/c1-4-16-10-14(13-7-5-6-8-13)9-15-17-11(2)12(3)18-15/h13-14,16H,4-10H2,1-3H3. The highest BCUT2D eigenvalue weighted by Crippen LogP contribution is 2.33. The Bertz CT molecular complexity index is 347. The summed E-state index contributed by atoms with van der Waals surface area (Å²) in [7, 11) is 0. The van der Waals surface area contributed by atoms with Crippen molar-refractivity contribution in [3.8, 4) is 0 Å². The van der Waals surface area contributed by atoms with E-state index in [4.69, 9.17) is 4.98 Å². The first-order chi connectivity index (χ1) is 8.70. The highest BCUT2D eigenvalue weighted by Gasteiger charge is 2.25. The van der Waals surface area contributed by atoms with E-state index >= 15 is 0 Å². The number of thiazole rings is 1. The summed E-state index contributed by atoms with van der Waals surface area (Å²) in [6, 6.07) is 0. The molecule has 0 bridgehead atoms. The third kappa shape index (κ3) is 3.55. The first-order valence-electron chi connectivity index (χ1n) is 7.34. The molecule has 1 saturated carbocycles. The fourth-order valence-electron chi connectivity index (χ4n) is 3.01. The van der Waals surface area contributed by atoms with E-state index in [-0.39, 0.29) is 0 Å². The highest BCUT2D eigenvalue weighted by atomic mass is 32.1. The molecule has 18 heavy (non-hydrogen) atoms. The minimum atomic E-state index is 0.789.